The molecule has 4 heteroatoms. The van der Waals surface area contributed by atoms with Crippen LogP contribution in [-0.2, 0) is 4.74 Å². The van der Waals surface area contributed by atoms with Gasteiger partial charge in [0.2, 0.25) is 0 Å². The van der Waals surface area contributed by atoms with Crippen molar-refractivity contribution in [2.24, 2.45) is 5.73 Å². The third-order valence-corrected chi connectivity index (χ3v) is 2.13. The van der Waals surface area contributed by atoms with Crippen LogP contribution in [0.15, 0.2) is 36.5 Å². The topological polar surface area (TPSA) is 74.2 Å². The minimum Gasteiger partial charge on any atom is -0.383 e. The first-order valence-corrected chi connectivity index (χ1v) is 5.49. The van der Waals surface area contributed by atoms with E-state index in [4.69, 9.17) is 11.5 Å². The number of methoxy groups -OCH3 is 1. The lowest BCUT2D eigenvalue weighted by Gasteiger charge is -1.98. The molecule has 1 heterocycles. The molecule has 1 aromatic heterocycles. The quantitative estimate of drug-likeness (QED) is 0.829. The van der Waals surface area contributed by atoms with Gasteiger partial charge in [-0.3, -0.25) is 0 Å². The van der Waals surface area contributed by atoms with Crippen molar-refractivity contribution < 1.29 is 4.74 Å². The van der Waals surface area contributed by atoms with Gasteiger partial charge in [-0.15, -0.1) is 0 Å². The van der Waals surface area contributed by atoms with Crippen molar-refractivity contribution in [1.82, 2.24) is 4.98 Å². The Morgan fingerprint density at radius 1 is 1.29 bits per heavy atom. The minimum absolute atomic E-state index is 0.176. The number of nitrogens with two attached hydrogens (primary N) is 2. The van der Waals surface area contributed by atoms with E-state index in [1.54, 1.807) is 13.3 Å². The van der Waals surface area contributed by atoms with Gasteiger partial charge in [0.25, 0.3) is 0 Å². The second kappa shape index (κ2) is 6.83. The van der Waals surface area contributed by atoms with E-state index in [2.05, 4.69) is 9.72 Å². The van der Waals surface area contributed by atoms with Crippen LogP contribution in [0.25, 0.3) is 10.8 Å². The van der Waals surface area contributed by atoms with Crippen molar-refractivity contribution in [2.75, 3.05) is 19.5 Å². The molecule has 0 aliphatic carbocycles. The Balaban J connectivity index is 0.000000209. The van der Waals surface area contributed by atoms with Crippen LogP contribution >= 0.6 is 0 Å². The lowest BCUT2D eigenvalue weighted by atomic mass is 10.2. The van der Waals surface area contributed by atoms with Crippen molar-refractivity contribution in [1.29, 1.82) is 0 Å². The van der Waals surface area contributed by atoms with Crippen LogP contribution < -0.4 is 11.5 Å². The number of aromatic nitrogens is 1. The maximum Gasteiger partial charge on any atom is 0.131 e. The average molecular weight is 233 g/mol. The zero-order chi connectivity index (χ0) is 12.7. The summed E-state index contributed by atoms with van der Waals surface area (Å²) >= 11 is 0. The molecule has 1 atom stereocenters. The van der Waals surface area contributed by atoms with Crippen molar-refractivity contribution in [3.8, 4) is 0 Å². The maximum absolute atomic E-state index is 5.65. The number of fused-ring (bicyclic) bond motifs is 1. The Bertz CT molecular complexity index is 452. The zero-order valence-corrected chi connectivity index (χ0v) is 10.3. The molecule has 0 amide bonds. The van der Waals surface area contributed by atoms with E-state index in [0.717, 1.165) is 10.8 Å². The minimum atomic E-state index is 0.176. The number of ether oxygens (including phenoxy) is 1. The van der Waals surface area contributed by atoms with Gasteiger partial charge in [0.1, 0.15) is 5.82 Å². The zero-order valence-electron chi connectivity index (χ0n) is 10.3. The standard InChI is InChI=1S/C9H8N2.C4H11NO/c10-9-8-4-2-1-3-7(8)5-6-11-9;1-4(5)3-6-2/h1-6H,(H2,10,11);4H,3,5H2,1-2H3. The molecule has 0 radical (unpaired) electrons. The van der Waals surface area contributed by atoms with Gasteiger partial charge < -0.3 is 16.2 Å². The lowest BCUT2D eigenvalue weighted by Crippen LogP contribution is -2.20. The van der Waals surface area contributed by atoms with Crippen LogP contribution in [0.2, 0.25) is 0 Å². The highest BCUT2D eigenvalue weighted by Gasteiger charge is 1.94. The van der Waals surface area contributed by atoms with Gasteiger partial charge in [-0.25, -0.2) is 4.98 Å². The SMILES string of the molecule is COCC(C)N.Nc1nccc2ccccc12. The van der Waals surface area contributed by atoms with Gasteiger partial charge in [-0.1, -0.05) is 24.3 Å². The third kappa shape index (κ3) is 4.38. The molecule has 1 unspecified atom stereocenters. The molecule has 0 aliphatic heterocycles. The molecular formula is C13H19N3O. The van der Waals surface area contributed by atoms with E-state index in [1.165, 1.54) is 0 Å². The molecule has 0 fully saturated rings. The largest absolute Gasteiger partial charge is 0.383 e. The number of hydrogen-bond donors (Lipinski definition) is 2. The van der Waals surface area contributed by atoms with E-state index in [1.807, 2.05) is 37.3 Å². The molecule has 0 aliphatic rings. The Morgan fingerprint density at radius 3 is 2.53 bits per heavy atom. The number of hydrogen-bond acceptors (Lipinski definition) is 4. The monoisotopic (exact) mass is 233 g/mol. The summed E-state index contributed by atoms with van der Waals surface area (Å²) in [5.74, 6) is 0.600. The Morgan fingerprint density at radius 2 is 2.00 bits per heavy atom. The number of pyridine rings is 1. The highest BCUT2D eigenvalue weighted by Crippen LogP contribution is 2.16. The number of anilines is 1. The van der Waals surface area contributed by atoms with Gasteiger partial charge in [0.05, 0.1) is 6.61 Å². The molecule has 1 aromatic carbocycles. The highest BCUT2D eigenvalue weighted by atomic mass is 16.5. The third-order valence-electron chi connectivity index (χ3n) is 2.13. The van der Waals surface area contributed by atoms with Crippen LogP contribution in [0, 0.1) is 0 Å². The molecular weight excluding hydrogens is 214 g/mol. The molecule has 4 N–H and O–H groups in total. The lowest BCUT2D eigenvalue weighted by molar-refractivity contribution is 0.185. The molecule has 4 nitrogen and oxygen atoms in total. The van der Waals surface area contributed by atoms with E-state index < -0.39 is 0 Å². The average Bonchev–Trinajstić information content (AvgIpc) is 2.30. The Kier molecular flexibility index (Phi) is 5.39. The summed E-state index contributed by atoms with van der Waals surface area (Å²) in [7, 11) is 1.64. The summed E-state index contributed by atoms with van der Waals surface area (Å²) in [4.78, 5) is 3.99. The Hall–Kier alpha value is -1.65. The molecule has 92 valence electrons. The molecule has 0 spiro atoms. The fourth-order valence-corrected chi connectivity index (χ4v) is 1.41. The van der Waals surface area contributed by atoms with Crippen molar-refractivity contribution in [3.63, 3.8) is 0 Å². The van der Waals surface area contributed by atoms with E-state index in [0.29, 0.717) is 12.4 Å². The highest BCUT2D eigenvalue weighted by molar-refractivity contribution is 5.90. The van der Waals surface area contributed by atoms with Crippen LogP contribution in [0.5, 0.6) is 0 Å². The first-order valence-electron chi connectivity index (χ1n) is 5.49. The molecule has 0 saturated carbocycles. The van der Waals surface area contributed by atoms with Crippen molar-refractivity contribution >= 4 is 16.6 Å². The van der Waals surface area contributed by atoms with Crippen molar-refractivity contribution in [2.45, 2.75) is 13.0 Å². The fourth-order valence-electron chi connectivity index (χ4n) is 1.41. The summed E-state index contributed by atoms with van der Waals surface area (Å²) in [6, 6.07) is 10.1. The van der Waals surface area contributed by atoms with E-state index in [-0.39, 0.29) is 6.04 Å². The summed E-state index contributed by atoms with van der Waals surface area (Å²) in [5.41, 5.74) is 10.9. The second-order valence-electron chi connectivity index (χ2n) is 3.85. The summed E-state index contributed by atoms with van der Waals surface area (Å²) < 4.78 is 4.68. The number of benzene rings is 1. The normalized spacial score (nSPS) is 11.7. The van der Waals surface area contributed by atoms with Crippen LogP contribution in [0.4, 0.5) is 5.82 Å². The first-order chi connectivity index (χ1) is 8.15. The van der Waals surface area contributed by atoms with Crippen molar-refractivity contribution in [3.05, 3.63) is 36.5 Å². The number of nitrogen functional groups attached to an aromatic ring is 1. The van der Waals surface area contributed by atoms with Gasteiger partial charge in [0, 0.05) is 24.7 Å². The van der Waals surface area contributed by atoms with Crippen LogP contribution in [0.3, 0.4) is 0 Å². The number of rotatable bonds is 2. The molecule has 17 heavy (non-hydrogen) atoms. The molecule has 0 saturated heterocycles. The van der Waals surface area contributed by atoms with Gasteiger partial charge in [-0.2, -0.15) is 0 Å². The predicted octanol–water partition coefficient (Wildman–Crippen LogP) is 1.80. The van der Waals surface area contributed by atoms with Gasteiger partial charge in [0.15, 0.2) is 0 Å². The van der Waals surface area contributed by atoms with E-state index >= 15 is 0 Å². The van der Waals surface area contributed by atoms with Crippen LogP contribution in [-0.4, -0.2) is 24.7 Å². The molecule has 2 aromatic rings. The van der Waals surface area contributed by atoms with E-state index in [9.17, 15) is 0 Å². The van der Waals surface area contributed by atoms with Crippen LogP contribution in [0.1, 0.15) is 6.92 Å². The molecule has 0 bridgehead atoms. The van der Waals surface area contributed by atoms with Gasteiger partial charge in [-0.05, 0) is 18.4 Å². The smallest absolute Gasteiger partial charge is 0.131 e. The second-order valence-corrected chi connectivity index (χ2v) is 3.85. The first kappa shape index (κ1) is 13.4. The summed E-state index contributed by atoms with van der Waals surface area (Å²) in [6.45, 7) is 2.56. The molecule has 2 rings (SSSR count). The maximum atomic E-state index is 5.65. The summed E-state index contributed by atoms with van der Waals surface area (Å²) in [5, 5.41) is 2.16. The Labute approximate surface area is 102 Å². The predicted molar refractivity (Wildman–Crippen MR) is 71.7 cm³/mol. The summed E-state index contributed by atoms with van der Waals surface area (Å²) in [6.07, 6.45) is 1.72. The fraction of sp³-hybridized carbons (Fsp3) is 0.308. The van der Waals surface area contributed by atoms with Gasteiger partial charge >= 0.3 is 0 Å². The number of nitrogens with zero attached hydrogens (tertiary/aromatic N) is 1.